The van der Waals surface area contributed by atoms with Gasteiger partial charge >= 0.3 is 6.03 Å². The fourth-order valence-corrected chi connectivity index (χ4v) is 2.67. The van der Waals surface area contributed by atoms with Crippen molar-refractivity contribution in [2.45, 2.75) is 38.6 Å². The van der Waals surface area contributed by atoms with Crippen LogP contribution in [0.25, 0.3) is 0 Å². The molecule has 110 valence electrons. The number of carbonyl (C=O) groups is 2. The van der Waals surface area contributed by atoms with Gasteiger partial charge in [0.15, 0.2) is 0 Å². The van der Waals surface area contributed by atoms with Crippen molar-refractivity contribution in [3.63, 3.8) is 0 Å². The molecule has 0 bridgehead atoms. The van der Waals surface area contributed by atoms with Crippen LogP contribution >= 0.6 is 0 Å². The van der Waals surface area contributed by atoms with Gasteiger partial charge in [-0.15, -0.1) is 0 Å². The Balaban J connectivity index is 2.09. The van der Waals surface area contributed by atoms with Crippen LogP contribution in [0.4, 0.5) is 4.79 Å². The number of aryl methyl sites for hydroxylation is 1. The predicted octanol–water partition coefficient (Wildman–Crippen LogP) is 1.70. The fourth-order valence-electron chi connectivity index (χ4n) is 2.67. The average Bonchev–Trinajstić information content (AvgIpc) is 2.65. The topological polar surface area (TPSA) is 88.6 Å². The molecule has 3 N–H and O–H groups in total. The number of hydrogen-bond donors (Lipinski definition) is 2. The van der Waals surface area contributed by atoms with Gasteiger partial charge in [0.25, 0.3) is 0 Å². The molecule has 0 spiro atoms. The van der Waals surface area contributed by atoms with Gasteiger partial charge < -0.3 is 10.2 Å². The smallest absolute Gasteiger partial charge is 0.318 e. The van der Waals surface area contributed by atoms with E-state index in [0.717, 1.165) is 43.7 Å². The number of rotatable bonds is 3. The van der Waals surface area contributed by atoms with Crippen LogP contribution in [0.15, 0.2) is 16.5 Å². The van der Waals surface area contributed by atoms with Crippen molar-refractivity contribution in [3.05, 3.63) is 23.7 Å². The van der Waals surface area contributed by atoms with Gasteiger partial charge in [-0.25, -0.2) is 4.79 Å². The molecular formula is C14H21N3O3. The summed E-state index contributed by atoms with van der Waals surface area (Å²) in [5.41, 5.74) is 4.97. The summed E-state index contributed by atoms with van der Waals surface area (Å²) in [6.07, 6.45) is 4.25. The zero-order valence-corrected chi connectivity index (χ0v) is 11.7. The van der Waals surface area contributed by atoms with Crippen molar-refractivity contribution >= 4 is 11.9 Å². The van der Waals surface area contributed by atoms with Crippen LogP contribution in [0, 0.1) is 6.92 Å². The van der Waals surface area contributed by atoms with Gasteiger partial charge in [0.2, 0.25) is 5.91 Å². The maximum absolute atomic E-state index is 11.7. The number of carbonyl (C=O) groups excluding carboxylic acids is 2. The van der Waals surface area contributed by atoms with Gasteiger partial charge in [0.1, 0.15) is 11.5 Å². The van der Waals surface area contributed by atoms with Crippen molar-refractivity contribution in [3.8, 4) is 0 Å². The molecule has 0 unspecified atom stereocenters. The summed E-state index contributed by atoms with van der Waals surface area (Å²) in [7, 11) is 0. The third-order valence-corrected chi connectivity index (χ3v) is 3.56. The minimum absolute atomic E-state index is 0.0878. The lowest BCUT2D eigenvalue weighted by Gasteiger charge is -2.27. The number of primary amides is 1. The fraction of sp³-hybridized carbons (Fsp3) is 0.571. The first kappa shape index (κ1) is 14.6. The van der Waals surface area contributed by atoms with E-state index in [0.29, 0.717) is 0 Å². The van der Waals surface area contributed by atoms with Gasteiger partial charge in [-0.1, -0.05) is 12.8 Å². The number of urea groups is 1. The van der Waals surface area contributed by atoms with E-state index in [4.69, 9.17) is 10.2 Å². The number of nitrogens with zero attached hydrogens (tertiary/aromatic N) is 1. The lowest BCUT2D eigenvalue weighted by atomic mass is 10.1. The Bertz CT molecular complexity index is 484. The number of hydrogen-bond acceptors (Lipinski definition) is 4. The van der Waals surface area contributed by atoms with Crippen molar-refractivity contribution in [2.75, 3.05) is 13.1 Å². The second-order valence-electron chi connectivity index (χ2n) is 5.20. The van der Waals surface area contributed by atoms with Crippen LogP contribution in [-0.4, -0.2) is 29.9 Å². The van der Waals surface area contributed by atoms with E-state index in [2.05, 4.69) is 10.2 Å². The van der Waals surface area contributed by atoms with Gasteiger partial charge in [-0.05, 0) is 38.4 Å². The maximum atomic E-state index is 11.7. The number of furan rings is 1. The standard InChI is InChI=1S/C14H21N3O3/c1-10-6-7-12(20-10)11-5-3-2-4-8-17(11)9-13(18)16-14(15)19/h6-7,11H,2-5,8-9H2,1H3,(H3,15,16,18,19)/t11-/m0/s1. The number of imide groups is 1. The summed E-state index contributed by atoms with van der Waals surface area (Å²) < 4.78 is 5.71. The highest BCUT2D eigenvalue weighted by Crippen LogP contribution is 2.30. The van der Waals surface area contributed by atoms with Crippen LogP contribution in [0.2, 0.25) is 0 Å². The minimum Gasteiger partial charge on any atom is -0.465 e. The molecule has 20 heavy (non-hydrogen) atoms. The third kappa shape index (κ3) is 3.84. The second-order valence-corrected chi connectivity index (χ2v) is 5.20. The molecule has 0 saturated carbocycles. The molecule has 0 radical (unpaired) electrons. The molecule has 1 aliphatic heterocycles. The normalized spacial score (nSPS) is 20.4. The molecule has 6 nitrogen and oxygen atoms in total. The average molecular weight is 279 g/mol. The maximum Gasteiger partial charge on any atom is 0.318 e. The van der Waals surface area contributed by atoms with E-state index in [1.54, 1.807) is 0 Å². The molecule has 2 heterocycles. The molecule has 2 rings (SSSR count). The number of amides is 3. The summed E-state index contributed by atoms with van der Waals surface area (Å²) >= 11 is 0. The van der Waals surface area contributed by atoms with E-state index in [1.165, 1.54) is 0 Å². The highest BCUT2D eigenvalue weighted by atomic mass is 16.3. The monoisotopic (exact) mass is 279 g/mol. The van der Waals surface area contributed by atoms with Gasteiger partial charge in [-0.3, -0.25) is 15.0 Å². The third-order valence-electron chi connectivity index (χ3n) is 3.56. The Labute approximate surface area is 118 Å². The van der Waals surface area contributed by atoms with Crippen molar-refractivity contribution in [1.29, 1.82) is 0 Å². The van der Waals surface area contributed by atoms with Gasteiger partial charge in [0, 0.05) is 0 Å². The van der Waals surface area contributed by atoms with E-state index in [-0.39, 0.29) is 18.5 Å². The lowest BCUT2D eigenvalue weighted by molar-refractivity contribution is -0.121. The predicted molar refractivity (Wildman–Crippen MR) is 74.0 cm³/mol. The summed E-state index contributed by atoms with van der Waals surface area (Å²) in [4.78, 5) is 24.5. The summed E-state index contributed by atoms with van der Waals surface area (Å²) in [5.74, 6) is 1.38. The van der Waals surface area contributed by atoms with E-state index < -0.39 is 6.03 Å². The Morgan fingerprint density at radius 2 is 2.20 bits per heavy atom. The Morgan fingerprint density at radius 3 is 2.85 bits per heavy atom. The van der Waals surface area contributed by atoms with Crippen molar-refractivity contribution < 1.29 is 14.0 Å². The first-order chi connectivity index (χ1) is 9.56. The first-order valence-electron chi connectivity index (χ1n) is 6.96. The Morgan fingerprint density at radius 1 is 1.40 bits per heavy atom. The molecular weight excluding hydrogens is 258 g/mol. The summed E-state index contributed by atoms with van der Waals surface area (Å²) in [6, 6.07) is 3.17. The molecule has 0 aromatic carbocycles. The zero-order valence-electron chi connectivity index (χ0n) is 11.7. The van der Waals surface area contributed by atoms with E-state index in [1.807, 2.05) is 19.1 Å². The molecule has 1 aromatic heterocycles. The summed E-state index contributed by atoms with van der Waals surface area (Å²) in [5, 5.41) is 2.12. The number of nitrogens with one attached hydrogen (secondary N) is 1. The number of nitrogens with two attached hydrogens (primary N) is 1. The van der Waals surface area contributed by atoms with Crippen LogP contribution in [-0.2, 0) is 4.79 Å². The highest BCUT2D eigenvalue weighted by Gasteiger charge is 2.26. The molecule has 1 fully saturated rings. The van der Waals surface area contributed by atoms with Crippen LogP contribution < -0.4 is 11.1 Å². The van der Waals surface area contributed by atoms with Crippen molar-refractivity contribution in [2.24, 2.45) is 5.73 Å². The second kappa shape index (κ2) is 6.56. The van der Waals surface area contributed by atoms with Crippen LogP contribution in [0.3, 0.4) is 0 Å². The largest absolute Gasteiger partial charge is 0.465 e. The van der Waals surface area contributed by atoms with Gasteiger partial charge in [-0.2, -0.15) is 0 Å². The van der Waals surface area contributed by atoms with Crippen molar-refractivity contribution in [1.82, 2.24) is 10.2 Å². The van der Waals surface area contributed by atoms with Crippen LogP contribution in [0.1, 0.15) is 43.2 Å². The van der Waals surface area contributed by atoms with Crippen LogP contribution in [0.5, 0.6) is 0 Å². The lowest BCUT2D eigenvalue weighted by Crippen LogP contribution is -2.43. The minimum atomic E-state index is -0.810. The quantitative estimate of drug-likeness (QED) is 0.881. The zero-order chi connectivity index (χ0) is 14.5. The molecule has 1 aliphatic rings. The first-order valence-corrected chi connectivity index (χ1v) is 6.96. The Hall–Kier alpha value is -1.82. The Kier molecular flexibility index (Phi) is 4.79. The highest BCUT2D eigenvalue weighted by molar-refractivity contribution is 5.94. The summed E-state index contributed by atoms with van der Waals surface area (Å²) in [6.45, 7) is 2.88. The molecule has 1 saturated heterocycles. The molecule has 6 heteroatoms. The van der Waals surface area contributed by atoms with E-state index >= 15 is 0 Å². The molecule has 1 atom stereocenters. The number of likely N-dealkylation sites (tertiary alicyclic amines) is 1. The SMILES string of the molecule is Cc1ccc([C@@H]2CCCCCN2CC(=O)NC(N)=O)o1. The molecule has 3 amide bonds. The van der Waals surface area contributed by atoms with Gasteiger partial charge in [0.05, 0.1) is 12.6 Å². The molecule has 0 aliphatic carbocycles. The van der Waals surface area contributed by atoms with E-state index in [9.17, 15) is 9.59 Å². The molecule has 1 aromatic rings.